The van der Waals surface area contributed by atoms with Crippen LogP contribution in [0.25, 0.3) is 6.08 Å². The van der Waals surface area contributed by atoms with Crippen molar-refractivity contribution >= 4 is 11.9 Å². The summed E-state index contributed by atoms with van der Waals surface area (Å²) in [7, 11) is 4.74. The highest BCUT2D eigenvalue weighted by molar-refractivity contribution is 6.08. The first-order valence-electron chi connectivity index (χ1n) is 7.74. The first-order valence-corrected chi connectivity index (χ1v) is 7.74. The summed E-state index contributed by atoms with van der Waals surface area (Å²) in [6, 6.07) is 11.1. The average Bonchev–Trinajstić information content (AvgIpc) is 2.64. The number of allylic oxidation sites excluding steroid dienone is 1. The number of aryl methyl sites for hydroxylation is 1. The lowest BCUT2D eigenvalue weighted by Gasteiger charge is -2.12. The average molecular weight is 326 g/mol. The quantitative estimate of drug-likeness (QED) is 0.566. The van der Waals surface area contributed by atoms with Crippen molar-refractivity contribution in [1.29, 1.82) is 0 Å². The highest BCUT2D eigenvalue weighted by Crippen LogP contribution is 2.34. The Hall–Kier alpha value is -2.75. The van der Waals surface area contributed by atoms with Gasteiger partial charge in [-0.25, -0.2) is 0 Å². The third-order valence-corrected chi connectivity index (χ3v) is 3.76. The maximum atomic E-state index is 12.5. The number of hydrogen-bond donors (Lipinski definition) is 0. The molecule has 0 saturated heterocycles. The van der Waals surface area contributed by atoms with Gasteiger partial charge in [0.2, 0.25) is 0 Å². The first-order chi connectivity index (χ1) is 11.6. The topological polar surface area (TPSA) is 44.8 Å². The molecule has 0 aliphatic heterocycles. The summed E-state index contributed by atoms with van der Waals surface area (Å²) >= 11 is 0. The fourth-order valence-electron chi connectivity index (χ4n) is 2.48. The first kappa shape index (κ1) is 17.6. The van der Waals surface area contributed by atoms with Gasteiger partial charge in [0.05, 0.1) is 26.9 Å². The second kappa shape index (κ2) is 8.20. The number of methoxy groups -OCH3 is 3. The Kier molecular flexibility index (Phi) is 6.01. The van der Waals surface area contributed by atoms with Gasteiger partial charge in [0.15, 0.2) is 17.3 Å². The number of carbonyl (C=O) groups is 1. The Morgan fingerprint density at radius 3 is 2.33 bits per heavy atom. The molecule has 4 heteroatoms. The number of para-hydroxylation sites is 1. The monoisotopic (exact) mass is 326 g/mol. The Bertz CT molecular complexity index is 747. The van der Waals surface area contributed by atoms with E-state index in [9.17, 15) is 4.79 Å². The summed E-state index contributed by atoms with van der Waals surface area (Å²) in [6.45, 7) is 2.06. The van der Waals surface area contributed by atoms with E-state index in [1.807, 2.05) is 24.3 Å². The van der Waals surface area contributed by atoms with E-state index in [2.05, 4.69) is 6.92 Å². The van der Waals surface area contributed by atoms with E-state index < -0.39 is 0 Å². The second-order valence-corrected chi connectivity index (χ2v) is 5.17. The van der Waals surface area contributed by atoms with Gasteiger partial charge in [-0.05, 0) is 48.4 Å². The lowest BCUT2D eigenvalue weighted by molar-refractivity contribution is 0.104. The molecule has 2 rings (SSSR count). The van der Waals surface area contributed by atoms with Crippen LogP contribution in [0.4, 0.5) is 0 Å². The summed E-state index contributed by atoms with van der Waals surface area (Å²) in [5.41, 5.74) is 2.43. The number of carbonyl (C=O) groups excluding carboxylic acids is 1. The van der Waals surface area contributed by atoms with Crippen LogP contribution in [0.5, 0.6) is 17.2 Å². The molecule has 0 bridgehead atoms. The van der Waals surface area contributed by atoms with Crippen LogP contribution in [0.1, 0.15) is 28.4 Å². The minimum atomic E-state index is -0.129. The molecule has 2 aromatic carbocycles. The molecule has 0 aliphatic carbocycles. The third-order valence-electron chi connectivity index (χ3n) is 3.76. The normalized spacial score (nSPS) is 10.7. The van der Waals surface area contributed by atoms with Gasteiger partial charge in [0, 0.05) is 5.56 Å². The van der Waals surface area contributed by atoms with Crippen molar-refractivity contribution in [3.05, 3.63) is 59.2 Å². The number of ketones is 1. The Morgan fingerprint density at radius 2 is 1.71 bits per heavy atom. The van der Waals surface area contributed by atoms with Crippen molar-refractivity contribution in [3.8, 4) is 17.2 Å². The number of ether oxygens (including phenoxy) is 3. The molecule has 2 aromatic rings. The highest BCUT2D eigenvalue weighted by Gasteiger charge is 2.12. The van der Waals surface area contributed by atoms with Crippen molar-refractivity contribution in [2.24, 2.45) is 0 Å². The molecule has 0 fully saturated rings. The zero-order valence-corrected chi connectivity index (χ0v) is 14.5. The van der Waals surface area contributed by atoms with E-state index in [0.717, 1.165) is 17.5 Å². The van der Waals surface area contributed by atoms with E-state index in [0.29, 0.717) is 22.8 Å². The van der Waals surface area contributed by atoms with Gasteiger partial charge in [-0.2, -0.15) is 0 Å². The van der Waals surface area contributed by atoms with Crippen LogP contribution in [0.15, 0.2) is 42.5 Å². The number of rotatable bonds is 7. The molecule has 0 spiro atoms. The molecule has 0 heterocycles. The van der Waals surface area contributed by atoms with E-state index in [1.165, 1.54) is 6.08 Å². The van der Waals surface area contributed by atoms with E-state index in [1.54, 1.807) is 39.5 Å². The second-order valence-electron chi connectivity index (χ2n) is 5.17. The lowest BCUT2D eigenvalue weighted by Crippen LogP contribution is -1.99. The summed E-state index contributed by atoms with van der Waals surface area (Å²) in [5.74, 6) is 1.69. The third kappa shape index (κ3) is 3.77. The predicted molar refractivity (Wildman–Crippen MR) is 95.3 cm³/mol. The Morgan fingerprint density at radius 1 is 1.00 bits per heavy atom. The lowest BCUT2D eigenvalue weighted by atomic mass is 10.0. The summed E-state index contributed by atoms with van der Waals surface area (Å²) in [6.07, 6.45) is 4.13. The smallest absolute Gasteiger partial charge is 0.189 e. The molecule has 0 aromatic heterocycles. The molecule has 126 valence electrons. The van der Waals surface area contributed by atoms with Crippen LogP contribution >= 0.6 is 0 Å². The number of benzene rings is 2. The van der Waals surface area contributed by atoms with Gasteiger partial charge < -0.3 is 14.2 Å². The fourth-order valence-corrected chi connectivity index (χ4v) is 2.48. The van der Waals surface area contributed by atoms with Gasteiger partial charge in [0.1, 0.15) is 5.75 Å². The van der Waals surface area contributed by atoms with Gasteiger partial charge in [0.25, 0.3) is 0 Å². The van der Waals surface area contributed by atoms with Crippen molar-refractivity contribution < 1.29 is 19.0 Å². The molecule has 0 atom stereocenters. The van der Waals surface area contributed by atoms with Crippen molar-refractivity contribution in [3.63, 3.8) is 0 Å². The molecule has 0 radical (unpaired) electrons. The summed E-state index contributed by atoms with van der Waals surface area (Å²) < 4.78 is 16.1. The molecule has 0 saturated carbocycles. The molecule has 0 unspecified atom stereocenters. The van der Waals surface area contributed by atoms with Crippen LogP contribution in [-0.4, -0.2) is 27.1 Å². The van der Waals surface area contributed by atoms with Gasteiger partial charge in [-0.1, -0.05) is 19.1 Å². The van der Waals surface area contributed by atoms with Gasteiger partial charge in [-0.3, -0.25) is 4.79 Å². The number of hydrogen-bond acceptors (Lipinski definition) is 4. The van der Waals surface area contributed by atoms with Crippen LogP contribution < -0.4 is 14.2 Å². The van der Waals surface area contributed by atoms with Crippen molar-refractivity contribution in [1.82, 2.24) is 0 Å². The standard InChI is InChI=1S/C20H22O4/c1-5-14-12-15(20(24-4)19(13-14)23-3)10-11-17(21)16-8-6-7-9-18(16)22-2/h6-13H,5H2,1-4H3/b11-10+. The fraction of sp³-hybridized carbons (Fsp3) is 0.250. The minimum Gasteiger partial charge on any atom is -0.496 e. The highest BCUT2D eigenvalue weighted by atomic mass is 16.5. The Balaban J connectivity index is 2.39. The summed E-state index contributed by atoms with van der Waals surface area (Å²) in [4.78, 5) is 12.5. The Labute approximate surface area is 142 Å². The van der Waals surface area contributed by atoms with Crippen LogP contribution in [0.2, 0.25) is 0 Å². The van der Waals surface area contributed by atoms with Crippen molar-refractivity contribution in [2.75, 3.05) is 21.3 Å². The largest absolute Gasteiger partial charge is 0.496 e. The molecule has 0 amide bonds. The van der Waals surface area contributed by atoms with Crippen LogP contribution in [0, 0.1) is 0 Å². The molecule has 24 heavy (non-hydrogen) atoms. The van der Waals surface area contributed by atoms with Gasteiger partial charge in [-0.15, -0.1) is 0 Å². The van der Waals surface area contributed by atoms with Crippen LogP contribution in [0.3, 0.4) is 0 Å². The van der Waals surface area contributed by atoms with Crippen molar-refractivity contribution in [2.45, 2.75) is 13.3 Å². The molecular weight excluding hydrogens is 304 g/mol. The van der Waals surface area contributed by atoms with E-state index in [-0.39, 0.29) is 5.78 Å². The zero-order chi connectivity index (χ0) is 17.5. The maximum Gasteiger partial charge on any atom is 0.189 e. The van der Waals surface area contributed by atoms with Crippen LogP contribution in [-0.2, 0) is 6.42 Å². The molecule has 4 nitrogen and oxygen atoms in total. The molecular formula is C20H22O4. The SMILES string of the molecule is CCc1cc(/C=C/C(=O)c2ccccc2OC)c(OC)c(OC)c1. The molecule has 0 N–H and O–H groups in total. The van der Waals surface area contributed by atoms with E-state index in [4.69, 9.17) is 14.2 Å². The van der Waals surface area contributed by atoms with Gasteiger partial charge >= 0.3 is 0 Å². The minimum absolute atomic E-state index is 0.129. The van der Waals surface area contributed by atoms with E-state index >= 15 is 0 Å². The zero-order valence-electron chi connectivity index (χ0n) is 14.5. The predicted octanol–water partition coefficient (Wildman–Crippen LogP) is 4.17. The molecule has 0 aliphatic rings. The summed E-state index contributed by atoms with van der Waals surface area (Å²) in [5, 5.41) is 0. The maximum absolute atomic E-state index is 12.5.